The summed E-state index contributed by atoms with van der Waals surface area (Å²) in [5, 5.41) is 11.5. The Morgan fingerprint density at radius 3 is 2.67 bits per heavy atom. The molecule has 0 fully saturated rings. The third-order valence-electron chi connectivity index (χ3n) is 3.21. The van der Waals surface area contributed by atoms with Crippen LogP contribution < -0.4 is 5.73 Å². The topological polar surface area (TPSA) is 78.9 Å². The van der Waals surface area contributed by atoms with E-state index >= 15 is 0 Å². The molecule has 0 bridgehead atoms. The first-order chi connectivity index (χ1) is 9.88. The van der Waals surface area contributed by atoms with E-state index in [1.54, 1.807) is 13.8 Å². The van der Waals surface area contributed by atoms with E-state index in [1.807, 2.05) is 0 Å². The average Bonchev–Trinajstić information content (AvgIpc) is 2.46. The number of halogens is 2. The van der Waals surface area contributed by atoms with Crippen LogP contribution in [0.3, 0.4) is 0 Å². The van der Waals surface area contributed by atoms with Crippen molar-refractivity contribution in [2.45, 2.75) is 20.3 Å². The summed E-state index contributed by atoms with van der Waals surface area (Å²) in [6.45, 7) is 4.15. The Morgan fingerprint density at radius 1 is 1.48 bits per heavy atom. The van der Waals surface area contributed by atoms with Gasteiger partial charge >= 0.3 is 0 Å². The van der Waals surface area contributed by atoms with Gasteiger partial charge in [0.2, 0.25) is 5.91 Å². The maximum absolute atomic E-state index is 13.5. The van der Waals surface area contributed by atoms with E-state index in [0.29, 0.717) is 6.54 Å². The van der Waals surface area contributed by atoms with Gasteiger partial charge in [-0.3, -0.25) is 4.79 Å². The van der Waals surface area contributed by atoms with Crippen LogP contribution in [0.25, 0.3) is 0 Å². The summed E-state index contributed by atoms with van der Waals surface area (Å²) in [5.41, 5.74) is 5.61. The SMILES string of the molecule is CCN(CC(C)/C(N)=N/O)C(=O)Cc1ccc(F)cc1F. The van der Waals surface area contributed by atoms with Crippen LogP contribution in [-0.4, -0.2) is 34.9 Å². The van der Waals surface area contributed by atoms with E-state index in [-0.39, 0.29) is 36.2 Å². The minimum atomic E-state index is -0.746. The van der Waals surface area contributed by atoms with Crippen molar-refractivity contribution >= 4 is 11.7 Å². The smallest absolute Gasteiger partial charge is 0.227 e. The number of hydrogen-bond acceptors (Lipinski definition) is 3. The van der Waals surface area contributed by atoms with Crippen molar-refractivity contribution in [3.05, 3.63) is 35.4 Å². The highest BCUT2D eigenvalue weighted by atomic mass is 19.1. The van der Waals surface area contributed by atoms with Crippen LogP contribution in [0.5, 0.6) is 0 Å². The molecule has 1 unspecified atom stereocenters. The second-order valence-electron chi connectivity index (χ2n) is 4.77. The van der Waals surface area contributed by atoms with Crippen molar-refractivity contribution in [1.29, 1.82) is 0 Å². The van der Waals surface area contributed by atoms with Crippen molar-refractivity contribution in [2.75, 3.05) is 13.1 Å². The summed E-state index contributed by atoms with van der Waals surface area (Å²) < 4.78 is 26.4. The molecular formula is C14H19F2N3O2. The molecule has 116 valence electrons. The molecule has 5 nitrogen and oxygen atoms in total. The number of hydrogen-bond donors (Lipinski definition) is 2. The Bertz CT molecular complexity index is 535. The van der Waals surface area contributed by atoms with Crippen LogP contribution in [-0.2, 0) is 11.2 Å². The van der Waals surface area contributed by atoms with E-state index in [0.717, 1.165) is 12.1 Å². The average molecular weight is 299 g/mol. The Hall–Kier alpha value is -2.18. The highest BCUT2D eigenvalue weighted by Crippen LogP contribution is 2.12. The van der Waals surface area contributed by atoms with Crippen LogP contribution in [0.2, 0.25) is 0 Å². The molecule has 0 heterocycles. The predicted molar refractivity (Wildman–Crippen MR) is 74.9 cm³/mol. The molecule has 3 N–H and O–H groups in total. The summed E-state index contributed by atoms with van der Waals surface area (Å²) in [5.74, 6) is -2.03. The number of oxime groups is 1. The van der Waals surface area contributed by atoms with Gasteiger partial charge < -0.3 is 15.8 Å². The predicted octanol–water partition coefficient (Wildman–Crippen LogP) is 1.74. The monoisotopic (exact) mass is 299 g/mol. The lowest BCUT2D eigenvalue weighted by molar-refractivity contribution is -0.130. The fourth-order valence-electron chi connectivity index (χ4n) is 1.87. The molecule has 0 aliphatic rings. The molecule has 0 aliphatic heterocycles. The normalized spacial score (nSPS) is 13.0. The zero-order valence-electron chi connectivity index (χ0n) is 12.0. The molecule has 21 heavy (non-hydrogen) atoms. The van der Waals surface area contributed by atoms with Gasteiger partial charge in [-0.25, -0.2) is 8.78 Å². The minimum absolute atomic E-state index is 0.0224. The maximum Gasteiger partial charge on any atom is 0.227 e. The van der Waals surface area contributed by atoms with E-state index in [2.05, 4.69) is 5.16 Å². The van der Waals surface area contributed by atoms with Crippen LogP contribution >= 0.6 is 0 Å². The number of amides is 1. The summed E-state index contributed by atoms with van der Waals surface area (Å²) in [6.07, 6.45) is -0.164. The molecular weight excluding hydrogens is 280 g/mol. The van der Waals surface area contributed by atoms with Gasteiger partial charge in [-0.15, -0.1) is 0 Å². The van der Waals surface area contributed by atoms with Crippen molar-refractivity contribution in [2.24, 2.45) is 16.8 Å². The quantitative estimate of drug-likeness (QED) is 0.363. The molecule has 0 radical (unpaired) electrons. The molecule has 0 aromatic heterocycles. The van der Waals surface area contributed by atoms with Gasteiger partial charge in [-0.2, -0.15) is 0 Å². The molecule has 7 heteroatoms. The third kappa shape index (κ3) is 4.70. The largest absolute Gasteiger partial charge is 0.409 e. The number of rotatable bonds is 6. The van der Waals surface area contributed by atoms with E-state index in [1.165, 1.54) is 11.0 Å². The lowest BCUT2D eigenvalue weighted by atomic mass is 10.1. The van der Waals surface area contributed by atoms with Crippen LogP contribution in [0.15, 0.2) is 23.4 Å². The van der Waals surface area contributed by atoms with Crippen molar-refractivity contribution in [3.63, 3.8) is 0 Å². The second-order valence-corrected chi connectivity index (χ2v) is 4.77. The summed E-state index contributed by atoms with van der Waals surface area (Å²) in [4.78, 5) is 13.6. The molecule has 1 atom stereocenters. The van der Waals surface area contributed by atoms with Gasteiger partial charge in [-0.1, -0.05) is 18.1 Å². The fraction of sp³-hybridized carbons (Fsp3) is 0.429. The zero-order valence-corrected chi connectivity index (χ0v) is 12.0. The van der Waals surface area contributed by atoms with Crippen molar-refractivity contribution < 1.29 is 18.8 Å². The van der Waals surface area contributed by atoms with Gasteiger partial charge in [0.15, 0.2) is 0 Å². The van der Waals surface area contributed by atoms with Crippen LogP contribution in [0.1, 0.15) is 19.4 Å². The molecule has 0 saturated carbocycles. The molecule has 1 rings (SSSR count). The van der Waals surface area contributed by atoms with Crippen LogP contribution in [0, 0.1) is 17.6 Å². The first-order valence-electron chi connectivity index (χ1n) is 6.58. The number of nitrogens with two attached hydrogens (primary N) is 1. The molecule has 1 aromatic carbocycles. The van der Waals surface area contributed by atoms with Gasteiger partial charge in [-0.05, 0) is 18.6 Å². The first kappa shape index (κ1) is 16.9. The number of likely N-dealkylation sites (N-methyl/N-ethyl adjacent to an activating group) is 1. The summed E-state index contributed by atoms with van der Waals surface area (Å²) in [7, 11) is 0. The maximum atomic E-state index is 13.5. The molecule has 1 amide bonds. The Kier molecular flexibility index (Phi) is 6.08. The highest BCUT2D eigenvalue weighted by molar-refractivity contribution is 5.83. The number of nitrogens with zero attached hydrogens (tertiary/aromatic N) is 2. The summed E-state index contributed by atoms with van der Waals surface area (Å²) in [6, 6.07) is 3.11. The van der Waals surface area contributed by atoms with Gasteiger partial charge in [0.05, 0.1) is 6.42 Å². The second kappa shape index (κ2) is 7.56. The minimum Gasteiger partial charge on any atom is -0.409 e. The zero-order chi connectivity index (χ0) is 16.0. The number of carbonyl (C=O) groups is 1. The van der Waals surface area contributed by atoms with Crippen molar-refractivity contribution in [3.8, 4) is 0 Å². The lowest BCUT2D eigenvalue weighted by Crippen LogP contribution is -2.39. The number of amidine groups is 1. The molecule has 0 aliphatic carbocycles. The lowest BCUT2D eigenvalue weighted by Gasteiger charge is -2.24. The van der Waals surface area contributed by atoms with E-state index in [4.69, 9.17) is 10.9 Å². The Labute approximate surface area is 122 Å². The van der Waals surface area contributed by atoms with Gasteiger partial charge in [0.1, 0.15) is 17.5 Å². The molecule has 0 saturated heterocycles. The third-order valence-corrected chi connectivity index (χ3v) is 3.21. The molecule has 0 spiro atoms. The Morgan fingerprint density at radius 2 is 2.14 bits per heavy atom. The van der Waals surface area contributed by atoms with Crippen molar-refractivity contribution in [1.82, 2.24) is 4.90 Å². The standard InChI is InChI=1S/C14H19F2N3O2/c1-3-19(8-9(2)14(17)18-21)13(20)6-10-4-5-11(15)7-12(10)16/h4-5,7,9,21H,3,6,8H2,1-2H3,(H2,17,18). The van der Waals surface area contributed by atoms with E-state index < -0.39 is 11.6 Å². The summed E-state index contributed by atoms with van der Waals surface area (Å²) >= 11 is 0. The number of carbonyl (C=O) groups excluding carboxylic acids is 1. The molecule has 1 aromatic rings. The van der Waals surface area contributed by atoms with Gasteiger partial charge in [0, 0.05) is 25.1 Å². The first-order valence-corrected chi connectivity index (χ1v) is 6.58. The van der Waals surface area contributed by atoms with E-state index in [9.17, 15) is 13.6 Å². The van der Waals surface area contributed by atoms with Crippen LogP contribution in [0.4, 0.5) is 8.78 Å². The fourth-order valence-corrected chi connectivity index (χ4v) is 1.87. The highest BCUT2D eigenvalue weighted by Gasteiger charge is 2.19. The van der Waals surface area contributed by atoms with Gasteiger partial charge in [0.25, 0.3) is 0 Å². The Balaban J connectivity index is 2.75. The number of benzene rings is 1.